The van der Waals surface area contributed by atoms with E-state index in [0.717, 1.165) is 76.3 Å². The zero-order valence-electron chi connectivity index (χ0n) is 45.2. The molecule has 9 aromatic rings. The van der Waals surface area contributed by atoms with E-state index >= 15 is 0 Å². The van der Waals surface area contributed by atoms with Crippen LogP contribution in [0.4, 0.5) is 42.5 Å². The number of benzene rings is 7. The van der Waals surface area contributed by atoms with Crippen molar-refractivity contribution in [2.45, 2.75) is 77.6 Å². The van der Waals surface area contributed by atoms with E-state index in [0.29, 0.717) is 40.7 Å². The van der Waals surface area contributed by atoms with Gasteiger partial charge in [0.15, 0.2) is 0 Å². The zero-order chi connectivity index (χ0) is 60.8. The molecule has 0 radical (unpaired) electrons. The topological polar surface area (TPSA) is 213 Å². The molecule has 88 heavy (non-hydrogen) atoms. The smallest absolute Gasteiger partial charge is 0.416 e. The summed E-state index contributed by atoms with van der Waals surface area (Å²) in [6, 6.07) is 48.3. The van der Waals surface area contributed by atoms with Crippen molar-refractivity contribution in [3.05, 3.63) is 262 Å². The summed E-state index contributed by atoms with van der Waals surface area (Å²) in [5.74, 6) is -2.30. The molecule has 1 aliphatic heterocycles. The molecule has 0 spiro atoms. The second-order valence-electron chi connectivity index (χ2n) is 19.6. The summed E-state index contributed by atoms with van der Waals surface area (Å²) in [7, 11) is 0. The van der Waals surface area contributed by atoms with Gasteiger partial charge in [-0.25, -0.2) is 9.69 Å². The predicted molar refractivity (Wildman–Crippen MR) is 312 cm³/mol. The van der Waals surface area contributed by atoms with Crippen molar-refractivity contribution in [3.63, 3.8) is 0 Å². The van der Waals surface area contributed by atoms with Crippen molar-refractivity contribution in [1.82, 2.24) is 15.2 Å². The molecule has 0 aliphatic carbocycles. The Morgan fingerprint density at radius 1 is 0.557 bits per heavy atom. The first-order valence-electron chi connectivity index (χ1n) is 26.5. The Bertz CT molecular complexity index is 3740. The number of aromatic nitrogens is 2. The molecule has 10 rings (SSSR count). The van der Waals surface area contributed by atoms with Gasteiger partial charge < -0.3 is 39.0 Å². The van der Waals surface area contributed by atoms with E-state index in [1.54, 1.807) is 91.0 Å². The highest BCUT2D eigenvalue weighted by atomic mass is 19.4. The minimum atomic E-state index is -4.49. The van der Waals surface area contributed by atoms with E-state index in [-0.39, 0.29) is 64.5 Å². The number of imide groups is 1. The van der Waals surface area contributed by atoms with E-state index in [1.165, 1.54) is 17.4 Å². The number of hydrogen-bond donors (Lipinski definition) is 3. The standard InChI is InChI=1S/C37H30F3N3O6.C27H21F3N2O5.2CH4/c38-37(39,40)28-13-9-27(10-14-28)35(45)41-29-8-4-7-25(19-29)22-47-31-15-11-26(12-16-31)32(33-17-18-49-42-33)21-34(44)43-30(23-48-36(43)46)20-24-5-2-1-3-6-24;28-27(29,30)20-8-4-19(5-9-20)26(35)31-21-3-1-2-17(14-21)16-36-22-10-6-18(7-11-22)23(15-25(33)34)24-12-13-37-32-24;;/h1-19,30,32H,20-23H2,(H,41,45);1-14,23H,15-16H2,(H,31,35)(H,33,34);2*1H4/t30-,32-;23-;;/m00../s1. The summed E-state index contributed by atoms with van der Waals surface area (Å²) in [6.07, 6.45) is -6.52. The van der Waals surface area contributed by atoms with Crippen LogP contribution in [0.25, 0.3) is 0 Å². The fourth-order valence-electron chi connectivity index (χ4n) is 9.27. The van der Waals surface area contributed by atoms with Gasteiger partial charge in [0.1, 0.15) is 43.8 Å². The molecule has 4 amide bonds. The maximum absolute atomic E-state index is 13.6. The second kappa shape index (κ2) is 29.5. The van der Waals surface area contributed by atoms with Gasteiger partial charge in [-0.3, -0.25) is 19.2 Å². The summed E-state index contributed by atoms with van der Waals surface area (Å²) >= 11 is 0. The lowest BCUT2D eigenvalue weighted by Crippen LogP contribution is -2.40. The molecular formula is C66H59F6N5O11. The van der Waals surface area contributed by atoms with Gasteiger partial charge >= 0.3 is 24.4 Å². The first-order valence-corrected chi connectivity index (χ1v) is 26.5. The highest BCUT2D eigenvalue weighted by Gasteiger charge is 2.39. The second-order valence-corrected chi connectivity index (χ2v) is 19.6. The number of carbonyl (C=O) groups is 5. The van der Waals surface area contributed by atoms with Crippen LogP contribution in [0.15, 0.2) is 210 Å². The van der Waals surface area contributed by atoms with Crippen LogP contribution in [0.3, 0.4) is 0 Å². The number of carbonyl (C=O) groups excluding carboxylic acids is 4. The first kappa shape index (κ1) is 65.0. The lowest BCUT2D eigenvalue weighted by molar-refractivity contribution is -0.138. The van der Waals surface area contributed by atoms with Gasteiger partial charge in [-0.05, 0) is 131 Å². The Morgan fingerprint density at radius 2 is 0.989 bits per heavy atom. The summed E-state index contributed by atoms with van der Waals surface area (Å²) < 4.78 is 104. The van der Waals surface area contributed by atoms with Gasteiger partial charge in [0.05, 0.1) is 35.0 Å². The maximum Gasteiger partial charge on any atom is 0.416 e. The quantitative estimate of drug-likeness (QED) is 0.0607. The van der Waals surface area contributed by atoms with E-state index < -0.39 is 65.2 Å². The van der Waals surface area contributed by atoms with Crippen molar-refractivity contribution < 1.29 is 78.7 Å². The van der Waals surface area contributed by atoms with Crippen LogP contribution >= 0.6 is 0 Å². The molecule has 0 saturated carbocycles. The molecular weight excluding hydrogens is 1150 g/mol. The number of carboxylic acid groups (broad SMARTS) is 1. The Morgan fingerprint density at radius 3 is 1.40 bits per heavy atom. The van der Waals surface area contributed by atoms with Crippen molar-refractivity contribution in [2.24, 2.45) is 0 Å². The van der Waals surface area contributed by atoms with Crippen molar-refractivity contribution in [1.29, 1.82) is 0 Å². The molecule has 3 heterocycles. The van der Waals surface area contributed by atoms with Crippen LogP contribution < -0.4 is 20.1 Å². The van der Waals surface area contributed by atoms with Crippen LogP contribution in [0, 0.1) is 0 Å². The number of rotatable bonds is 20. The fourth-order valence-corrected chi connectivity index (χ4v) is 9.27. The van der Waals surface area contributed by atoms with E-state index in [9.17, 15) is 55.4 Å². The number of carboxylic acids is 1. The van der Waals surface area contributed by atoms with Gasteiger partial charge in [-0.2, -0.15) is 26.3 Å². The van der Waals surface area contributed by atoms with Crippen molar-refractivity contribution >= 4 is 41.2 Å². The van der Waals surface area contributed by atoms with Crippen LogP contribution in [0.5, 0.6) is 11.5 Å². The molecule has 456 valence electrons. The maximum atomic E-state index is 13.6. The number of alkyl halides is 6. The molecule has 1 fully saturated rings. The van der Waals surface area contributed by atoms with Crippen molar-refractivity contribution in [2.75, 3.05) is 17.2 Å². The Hall–Kier alpha value is -10.5. The average molecular weight is 1210 g/mol. The zero-order valence-corrected chi connectivity index (χ0v) is 45.2. The van der Waals surface area contributed by atoms with E-state index in [1.807, 2.05) is 48.5 Å². The monoisotopic (exact) mass is 1210 g/mol. The van der Waals surface area contributed by atoms with Crippen LogP contribution in [0.2, 0.25) is 0 Å². The number of nitrogens with one attached hydrogen (secondary N) is 2. The highest BCUT2D eigenvalue weighted by Crippen LogP contribution is 2.34. The highest BCUT2D eigenvalue weighted by molar-refractivity contribution is 6.05. The molecule has 22 heteroatoms. The first-order chi connectivity index (χ1) is 41.3. The number of aliphatic carboxylic acids is 1. The number of cyclic esters (lactones) is 1. The van der Waals surface area contributed by atoms with Crippen LogP contribution in [-0.4, -0.2) is 62.8 Å². The summed E-state index contributed by atoms with van der Waals surface area (Å²) in [5, 5.41) is 22.5. The van der Waals surface area contributed by atoms with Gasteiger partial charge in [-0.15, -0.1) is 0 Å². The number of nitrogens with zero attached hydrogens (tertiary/aromatic N) is 3. The summed E-state index contributed by atoms with van der Waals surface area (Å²) in [6.45, 7) is 0.466. The number of ether oxygens (including phenoxy) is 3. The number of hydrogen-bond acceptors (Lipinski definition) is 12. The fraction of sp³-hybridized carbons (Fsp3) is 0.197. The van der Waals surface area contributed by atoms with Gasteiger partial charge in [-0.1, -0.05) is 104 Å². The lowest BCUT2D eigenvalue weighted by Gasteiger charge is -2.22. The molecule has 1 saturated heterocycles. The van der Waals surface area contributed by atoms with Gasteiger partial charge in [0.2, 0.25) is 5.91 Å². The van der Waals surface area contributed by atoms with Crippen LogP contribution in [0.1, 0.15) is 111 Å². The SMILES string of the molecule is C.C.O=C(Nc1cccc(COc2ccc([C@H](CC(=O)N3C(=O)OC[C@@H]3Cc3ccccc3)c3ccon3)cc2)c1)c1ccc(C(F)(F)F)cc1.O=C(O)C[C@@H](c1ccc(OCc2cccc(NC(=O)c3ccc(C(F)(F)F)cc3)c2)cc1)c1ccon1. The lowest BCUT2D eigenvalue weighted by atomic mass is 9.91. The Balaban J connectivity index is 0.000000255. The Labute approximate surface area is 501 Å². The minimum absolute atomic E-state index is 0. The third-order valence-corrected chi connectivity index (χ3v) is 13.6. The van der Waals surface area contributed by atoms with Crippen LogP contribution in [-0.2, 0) is 46.3 Å². The molecule has 3 atom stereocenters. The summed E-state index contributed by atoms with van der Waals surface area (Å²) in [5.41, 5.74) is 4.48. The normalized spacial score (nSPS) is 13.5. The number of halogens is 6. The third kappa shape index (κ3) is 17.6. The largest absolute Gasteiger partial charge is 0.489 e. The molecule has 3 N–H and O–H groups in total. The van der Waals surface area contributed by atoms with Gasteiger partial charge in [0, 0.05) is 52.9 Å². The Kier molecular flexibility index (Phi) is 21.8. The van der Waals surface area contributed by atoms with E-state index in [4.69, 9.17) is 23.3 Å². The number of amides is 4. The van der Waals surface area contributed by atoms with Crippen molar-refractivity contribution in [3.8, 4) is 11.5 Å². The third-order valence-electron chi connectivity index (χ3n) is 13.6. The van der Waals surface area contributed by atoms with Gasteiger partial charge in [0.25, 0.3) is 11.8 Å². The molecule has 2 aromatic heterocycles. The number of anilines is 2. The molecule has 1 aliphatic rings. The van der Waals surface area contributed by atoms with E-state index in [2.05, 4.69) is 20.9 Å². The molecule has 0 bridgehead atoms. The molecule has 0 unspecified atom stereocenters. The average Bonchev–Trinajstić information content (AvgIpc) is 3.38. The molecule has 16 nitrogen and oxygen atoms in total. The summed E-state index contributed by atoms with van der Waals surface area (Å²) in [4.78, 5) is 63.7. The molecule has 7 aromatic carbocycles. The minimum Gasteiger partial charge on any atom is -0.489 e. The predicted octanol–water partition coefficient (Wildman–Crippen LogP) is 15.0.